The number of carbonyl (C=O) groups excluding carboxylic acids is 1. The topological polar surface area (TPSA) is 46.5 Å². The Labute approximate surface area is 160 Å². The Hall–Kier alpha value is -0.570. The van der Waals surface area contributed by atoms with Crippen LogP contribution in [0, 0.1) is 46.8 Å². The minimum Gasteiger partial charge on any atom is -0.465 e. The van der Waals surface area contributed by atoms with Gasteiger partial charge in [-0.3, -0.25) is 4.79 Å². The van der Waals surface area contributed by atoms with Crippen molar-refractivity contribution in [2.75, 3.05) is 6.61 Å². The van der Waals surface area contributed by atoms with Crippen molar-refractivity contribution in [1.82, 2.24) is 0 Å². The van der Waals surface area contributed by atoms with Crippen LogP contribution >= 0.6 is 0 Å². The molecule has 1 unspecified atom stereocenters. The van der Waals surface area contributed by atoms with E-state index in [2.05, 4.69) is 41.5 Å². The molecule has 0 spiro atoms. The Morgan fingerprint density at radius 3 is 2.50 bits per heavy atom. The van der Waals surface area contributed by atoms with E-state index in [1.54, 1.807) is 0 Å². The van der Waals surface area contributed by atoms with Gasteiger partial charge >= 0.3 is 5.97 Å². The molecule has 0 aromatic rings. The molecule has 3 aliphatic carbocycles. The van der Waals surface area contributed by atoms with E-state index < -0.39 is 5.60 Å². The summed E-state index contributed by atoms with van der Waals surface area (Å²) in [4.78, 5) is 12.4. The Morgan fingerprint density at radius 1 is 1.19 bits per heavy atom. The maximum atomic E-state index is 12.4. The summed E-state index contributed by atoms with van der Waals surface area (Å²) in [6, 6.07) is 0. The highest BCUT2D eigenvalue weighted by Crippen LogP contribution is 2.71. The molecular weight excluding hydrogens is 324 g/mol. The smallest absolute Gasteiger partial charge is 0.306 e. The summed E-state index contributed by atoms with van der Waals surface area (Å²) in [7, 11) is 0. The first-order chi connectivity index (χ1) is 12.1. The molecule has 3 heteroatoms. The molecule has 0 heterocycles. The predicted octanol–water partition coefficient (Wildman–Crippen LogP) is 5.06. The third-order valence-corrected chi connectivity index (χ3v) is 8.60. The van der Waals surface area contributed by atoms with E-state index in [1.165, 1.54) is 6.42 Å². The Morgan fingerprint density at radius 2 is 1.88 bits per heavy atom. The van der Waals surface area contributed by atoms with Gasteiger partial charge in [0.15, 0.2) is 0 Å². The van der Waals surface area contributed by atoms with Gasteiger partial charge in [0.2, 0.25) is 0 Å². The molecule has 8 atom stereocenters. The Kier molecular flexibility index (Phi) is 5.52. The zero-order valence-corrected chi connectivity index (χ0v) is 17.8. The maximum absolute atomic E-state index is 12.4. The number of carbonyl (C=O) groups is 1. The summed E-state index contributed by atoms with van der Waals surface area (Å²) in [5.41, 5.74) is -0.376. The van der Waals surface area contributed by atoms with Crippen molar-refractivity contribution < 1.29 is 14.6 Å². The summed E-state index contributed by atoms with van der Waals surface area (Å²) in [5.74, 6) is 3.88. The van der Waals surface area contributed by atoms with E-state index in [-0.39, 0.29) is 11.4 Å². The lowest BCUT2D eigenvalue weighted by molar-refractivity contribution is -0.147. The predicted molar refractivity (Wildman–Crippen MR) is 105 cm³/mol. The van der Waals surface area contributed by atoms with Crippen LogP contribution in [0.3, 0.4) is 0 Å². The average Bonchev–Trinajstić information content (AvgIpc) is 2.99. The minimum atomic E-state index is -0.508. The molecular formula is C23H40O3. The van der Waals surface area contributed by atoms with Crippen LogP contribution in [0.1, 0.15) is 80.1 Å². The molecule has 3 fully saturated rings. The van der Waals surface area contributed by atoms with E-state index in [4.69, 9.17) is 4.74 Å². The second kappa shape index (κ2) is 7.11. The number of fused-ring (bicyclic) bond motifs is 3. The van der Waals surface area contributed by atoms with Crippen LogP contribution in [0.15, 0.2) is 0 Å². The zero-order valence-electron chi connectivity index (χ0n) is 17.8. The third-order valence-electron chi connectivity index (χ3n) is 8.60. The van der Waals surface area contributed by atoms with E-state index in [0.29, 0.717) is 54.5 Å². The molecule has 0 aromatic heterocycles. The van der Waals surface area contributed by atoms with Gasteiger partial charge in [-0.1, -0.05) is 47.5 Å². The van der Waals surface area contributed by atoms with Crippen LogP contribution in [-0.4, -0.2) is 23.3 Å². The van der Waals surface area contributed by atoms with Gasteiger partial charge < -0.3 is 9.84 Å². The van der Waals surface area contributed by atoms with Crippen LogP contribution in [0.25, 0.3) is 0 Å². The number of esters is 1. The number of rotatable bonds is 6. The molecule has 150 valence electrons. The van der Waals surface area contributed by atoms with Gasteiger partial charge in [0.1, 0.15) is 0 Å². The first-order valence-electron chi connectivity index (χ1n) is 11.0. The van der Waals surface area contributed by atoms with E-state index >= 15 is 0 Å². The fraction of sp³-hybridized carbons (Fsp3) is 0.957. The molecule has 0 radical (unpaired) electrons. The molecule has 3 rings (SSSR count). The lowest BCUT2D eigenvalue weighted by Gasteiger charge is -2.36. The second-order valence-electron chi connectivity index (χ2n) is 10.5. The standard InChI is InChI=1S/C23H40O3/c1-7-16(14(2)3)12-19(24)26-13-22(5)18-10-11-23(6,25)17-9-8-15(4)20(17)21(18)22/h14-18,20-21,25H,7-13H2,1-6H3/t15-,16?,17+,18-,20-,21-,22-,23+/m1/s1. The first-order valence-corrected chi connectivity index (χ1v) is 11.0. The van der Waals surface area contributed by atoms with Crippen LogP contribution in [0.2, 0.25) is 0 Å². The van der Waals surface area contributed by atoms with Crippen LogP contribution in [-0.2, 0) is 9.53 Å². The van der Waals surface area contributed by atoms with Crippen molar-refractivity contribution >= 4 is 5.97 Å². The molecule has 0 aliphatic heterocycles. The fourth-order valence-electron chi connectivity index (χ4n) is 6.67. The molecule has 26 heavy (non-hydrogen) atoms. The van der Waals surface area contributed by atoms with Crippen LogP contribution < -0.4 is 0 Å². The molecule has 0 saturated heterocycles. The molecule has 1 N–H and O–H groups in total. The maximum Gasteiger partial charge on any atom is 0.306 e. The highest BCUT2D eigenvalue weighted by Gasteiger charge is 2.69. The minimum absolute atomic E-state index is 0.0174. The van der Waals surface area contributed by atoms with Crippen molar-refractivity contribution in [3.63, 3.8) is 0 Å². The first kappa shape index (κ1) is 20.2. The van der Waals surface area contributed by atoms with Gasteiger partial charge in [-0.25, -0.2) is 0 Å². The zero-order chi connectivity index (χ0) is 19.3. The Bertz CT molecular complexity index is 526. The van der Waals surface area contributed by atoms with Crippen molar-refractivity contribution in [2.24, 2.45) is 46.8 Å². The summed E-state index contributed by atoms with van der Waals surface area (Å²) < 4.78 is 5.82. The highest BCUT2D eigenvalue weighted by atomic mass is 16.5. The summed E-state index contributed by atoms with van der Waals surface area (Å²) in [5, 5.41) is 11.0. The van der Waals surface area contributed by atoms with E-state index in [1.807, 2.05) is 0 Å². The van der Waals surface area contributed by atoms with E-state index in [0.717, 1.165) is 25.7 Å². The number of ether oxygens (including phenoxy) is 1. The lowest BCUT2D eigenvalue weighted by atomic mass is 9.74. The molecule has 3 saturated carbocycles. The molecule has 3 aliphatic rings. The van der Waals surface area contributed by atoms with Gasteiger partial charge in [0.05, 0.1) is 12.2 Å². The summed E-state index contributed by atoms with van der Waals surface area (Å²) in [6.07, 6.45) is 5.95. The van der Waals surface area contributed by atoms with Crippen molar-refractivity contribution in [2.45, 2.75) is 85.7 Å². The number of hydrogen-bond donors (Lipinski definition) is 1. The number of aliphatic hydroxyl groups is 1. The lowest BCUT2D eigenvalue weighted by Crippen LogP contribution is -2.38. The molecule has 0 amide bonds. The highest BCUT2D eigenvalue weighted by molar-refractivity contribution is 5.69. The summed E-state index contributed by atoms with van der Waals surface area (Å²) in [6.45, 7) is 13.9. The third kappa shape index (κ3) is 3.45. The van der Waals surface area contributed by atoms with E-state index in [9.17, 15) is 9.90 Å². The summed E-state index contributed by atoms with van der Waals surface area (Å²) >= 11 is 0. The van der Waals surface area contributed by atoms with Gasteiger partial charge in [0.25, 0.3) is 0 Å². The van der Waals surface area contributed by atoms with Crippen molar-refractivity contribution in [3.8, 4) is 0 Å². The monoisotopic (exact) mass is 364 g/mol. The quantitative estimate of drug-likeness (QED) is 0.670. The van der Waals surface area contributed by atoms with Gasteiger partial charge in [0, 0.05) is 11.8 Å². The average molecular weight is 365 g/mol. The largest absolute Gasteiger partial charge is 0.465 e. The normalized spacial score (nSPS) is 45.6. The van der Waals surface area contributed by atoms with Crippen LogP contribution in [0.4, 0.5) is 0 Å². The fourth-order valence-corrected chi connectivity index (χ4v) is 6.67. The molecule has 3 nitrogen and oxygen atoms in total. The molecule has 0 aromatic carbocycles. The van der Waals surface area contributed by atoms with Crippen molar-refractivity contribution in [1.29, 1.82) is 0 Å². The number of hydrogen-bond acceptors (Lipinski definition) is 3. The SMILES string of the molecule is CCC(CC(=O)OC[C@@]1(C)[C@H]2[C@@H]3[C@H](C)CC[C@@H]3[C@@](C)(O)CC[C@H]21)C(C)C. The van der Waals surface area contributed by atoms with Gasteiger partial charge in [-0.2, -0.15) is 0 Å². The Balaban J connectivity index is 1.63. The van der Waals surface area contributed by atoms with Crippen molar-refractivity contribution in [3.05, 3.63) is 0 Å². The second-order valence-corrected chi connectivity index (χ2v) is 10.5. The van der Waals surface area contributed by atoms with Gasteiger partial charge in [-0.15, -0.1) is 0 Å². The molecule has 0 bridgehead atoms. The van der Waals surface area contributed by atoms with Crippen LogP contribution in [0.5, 0.6) is 0 Å². The van der Waals surface area contributed by atoms with Gasteiger partial charge in [-0.05, 0) is 67.6 Å².